The van der Waals surface area contributed by atoms with Crippen molar-refractivity contribution in [1.29, 1.82) is 0 Å². The number of esters is 1. The molecule has 0 aromatic heterocycles. The van der Waals surface area contributed by atoms with Gasteiger partial charge in [0.15, 0.2) is 0 Å². The second-order valence-electron chi connectivity index (χ2n) is 8.37. The number of carbonyl (C=O) groups excluding carboxylic acids is 1. The Morgan fingerprint density at radius 1 is 1.13 bits per heavy atom. The summed E-state index contributed by atoms with van der Waals surface area (Å²) >= 11 is 0. The summed E-state index contributed by atoms with van der Waals surface area (Å²) in [6.07, 6.45) is 6.62. The molecule has 30 heavy (non-hydrogen) atoms. The van der Waals surface area contributed by atoms with Crippen molar-refractivity contribution in [3.05, 3.63) is 58.7 Å². The van der Waals surface area contributed by atoms with E-state index in [0.717, 1.165) is 55.6 Å². The molecular weight excluding hydrogens is 378 g/mol. The van der Waals surface area contributed by atoms with Gasteiger partial charge in [-0.05, 0) is 62.5 Å². The molecule has 0 aliphatic carbocycles. The smallest absolute Gasteiger partial charge is 0.339 e. The lowest BCUT2D eigenvalue weighted by Crippen LogP contribution is -2.29. The van der Waals surface area contributed by atoms with Crippen LogP contribution in [0.3, 0.4) is 0 Å². The molecule has 5 heteroatoms. The number of aromatic hydroxyl groups is 1. The Morgan fingerprint density at radius 3 is 2.73 bits per heavy atom. The zero-order valence-electron chi connectivity index (χ0n) is 17.7. The number of piperidine rings is 1. The van der Waals surface area contributed by atoms with Crippen LogP contribution in [0.1, 0.15) is 78.6 Å². The third kappa shape index (κ3) is 4.78. The Balaban J connectivity index is 1.37. The van der Waals surface area contributed by atoms with Crippen molar-refractivity contribution in [2.75, 3.05) is 13.1 Å². The van der Waals surface area contributed by atoms with Crippen LogP contribution in [0.4, 0.5) is 0 Å². The lowest BCUT2D eigenvalue weighted by Gasteiger charge is -2.26. The van der Waals surface area contributed by atoms with E-state index in [-0.39, 0.29) is 12.1 Å². The quantitative estimate of drug-likeness (QED) is 0.595. The fraction of sp³-hybridized carbons (Fsp3) is 0.480. The maximum atomic E-state index is 12.2. The number of rotatable bonds is 8. The van der Waals surface area contributed by atoms with Gasteiger partial charge in [0, 0.05) is 17.7 Å². The summed E-state index contributed by atoms with van der Waals surface area (Å²) in [7, 11) is 0. The van der Waals surface area contributed by atoms with E-state index in [2.05, 4.69) is 11.8 Å². The summed E-state index contributed by atoms with van der Waals surface area (Å²) < 4.78 is 11.4. The molecule has 2 aliphatic heterocycles. The number of nitrogens with zero attached hydrogens (tertiary/aromatic N) is 1. The minimum absolute atomic E-state index is 0.133. The largest absolute Gasteiger partial charge is 0.508 e. The van der Waals surface area contributed by atoms with E-state index in [1.165, 1.54) is 19.3 Å². The molecule has 1 N–H and O–H groups in total. The average molecular weight is 410 g/mol. The Bertz CT molecular complexity index is 889. The van der Waals surface area contributed by atoms with Crippen molar-refractivity contribution in [1.82, 2.24) is 4.90 Å². The second kappa shape index (κ2) is 9.52. The number of phenolic OH excluding ortho intramolecular Hbond substituents is 1. The molecule has 1 atom stereocenters. The first-order chi connectivity index (χ1) is 14.6. The van der Waals surface area contributed by atoms with Crippen LogP contribution < -0.4 is 4.74 Å². The number of hydrogen-bond donors (Lipinski definition) is 1. The standard InChI is InChI=1S/C25H31NO4/c1-2-3-7-24-21-11-10-20(15-22(21)25(28)30-24)29-17-18-8-9-19(23(27)14-18)16-26-12-5-4-6-13-26/h8-11,14-15,24,27H,2-7,12-13,16-17H2,1H3. The number of unbranched alkanes of at least 4 members (excludes halogenated alkanes) is 1. The van der Waals surface area contributed by atoms with Gasteiger partial charge in [-0.15, -0.1) is 0 Å². The van der Waals surface area contributed by atoms with E-state index in [9.17, 15) is 9.90 Å². The van der Waals surface area contributed by atoms with Crippen LogP contribution in [-0.2, 0) is 17.9 Å². The van der Waals surface area contributed by atoms with Crippen LogP contribution in [0.2, 0.25) is 0 Å². The van der Waals surface area contributed by atoms with Gasteiger partial charge >= 0.3 is 5.97 Å². The monoisotopic (exact) mass is 409 g/mol. The summed E-state index contributed by atoms with van der Waals surface area (Å²) in [6.45, 7) is 5.46. The molecule has 0 amide bonds. The van der Waals surface area contributed by atoms with Gasteiger partial charge < -0.3 is 14.6 Å². The van der Waals surface area contributed by atoms with Gasteiger partial charge in [0.25, 0.3) is 0 Å². The highest BCUT2D eigenvalue weighted by molar-refractivity contribution is 5.94. The molecule has 1 unspecified atom stereocenters. The lowest BCUT2D eigenvalue weighted by atomic mass is 10.0. The van der Waals surface area contributed by atoms with Gasteiger partial charge in [-0.2, -0.15) is 0 Å². The highest BCUT2D eigenvalue weighted by atomic mass is 16.5. The van der Waals surface area contributed by atoms with Gasteiger partial charge in [-0.1, -0.05) is 38.0 Å². The first-order valence-electron chi connectivity index (χ1n) is 11.1. The van der Waals surface area contributed by atoms with E-state index >= 15 is 0 Å². The van der Waals surface area contributed by atoms with Crippen molar-refractivity contribution in [2.45, 2.75) is 64.7 Å². The highest BCUT2D eigenvalue weighted by Gasteiger charge is 2.30. The second-order valence-corrected chi connectivity index (χ2v) is 8.37. The fourth-order valence-corrected chi connectivity index (χ4v) is 4.30. The molecule has 4 rings (SSSR count). The van der Waals surface area contributed by atoms with Gasteiger partial charge in [0.1, 0.15) is 24.2 Å². The van der Waals surface area contributed by atoms with Gasteiger partial charge in [-0.3, -0.25) is 4.90 Å². The van der Waals surface area contributed by atoms with Crippen LogP contribution in [0.15, 0.2) is 36.4 Å². The Morgan fingerprint density at radius 2 is 1.97 bits per heavy atom. The normalized spacial score (nSPS) is 18.8. The third-order valence-corrected chi connectivity index (χ3v) is 6.06. The zero-order chi connectivity index (χ0) is 20.9. The van der Waals surface area contributed by atoms with Crippen molar-refractivity contribution in [3.8, 4) is 11.5 Å². The number of likely N-dealkylation sites (tertiary alicyclic amines) is 1. The summed E-state index contributed by atoms with van der Waals surface area (Å²) in [5.41, 5.74) is 3.42. The summed E-state index contributed by atoms with van der Waals surface area (Å²) in [5, 5.41) is 10.4. The van der Waals surface area contributed by atoms with Gasteiger partial charge in [-0.25, -0.2) is 4.79 Å². The van der Waals surface area contributed by atoms with Crippen LogP contribution in [0.5, 0.6) is 11.5 Å². The Kier molecular flexibility index (Phi) is 6.58. The molecule has 1 fully saturated rings. The molecular formula is C25H31NO4. The Labute approximate surface area is 178 Å². The zero-order valence-corrected chi connectivity index (χ0v) is 17.7. The topological polar surface area (TPSA) is 59.0 Å². The molecule has 2 aromatic rings. The predicted molar refractivity (Wildman–Crippen MR) is 116 cm³/mol. The molecule has 2 aliphatic rings. The minimum atomic E-state index is -0.267. The van der Waals surface area contributed by atoms with E-state index in [0.29, 0.717) is 23.7 Å². The van der Waals surface area contributed by atoms with Gasteiger partial charge in [0.2, 0.25) is 0 Å². The lowest BCUT2D eigenvalue weighted by molar-refractivity contribution is 0.0364. The summed E-state index contributed by atoms with van der Waals surface area (Å²) in [4.78, 5) is 14.6. The molecule has 0 bridgehead atoms. The van der Waals surface area contributed by atoms with E-state index < -0.39 is 0 Å². The number of fused-ring (bicyclic) bond motifs is 1. The third-order valence-electron chi connectivity index (χ3n) is 6.06. The molecule has 0 radical (unpaired) electrons. The number of hydrogen-bond acceptors (Lipinski definition) is 5. The highest BCUT2D eigenvalue weighted by Crippen LogP contribution is 2.36. The van der Waals surface area contributed by atoms with Crippen molar-refractivity contribution in [3.63, 3.8) is 0 Å². The van der Waals surface area contributed by atoms with Crippen LogP contribution in [0, 0.1) is 0 Å². The van der Waals surface area contributed by atoms with Crippen molar-refractivity contribution >= 4 is 5.97 Å². The molecule has 160 valence electrons. The molecule has 1 saturated heterocycles. The van der Waals surface area contributed by atoms with Crippen LogP contribution in [-0.4, -0.2) is 29.1 Å². The van der Waals surface area contributed by atoms with E-state index in [4.69, 9.17) is 9.47 Å². The molecule has 0 spiro atoms. The van der Waals surface area contributed by atoms with E-state index in [1.54, 1.807) is 12.1 Å². The van der Waals surface area contributed by atoms with Crippen LogP contribution >= 0.6 is 0 Å². The summed E-state index contributed by atoms with van der Waals surface area (Å²) in [6, 6.07) is 11.4. The Hall–Kier alpha value is -2.53. The minimum Gasteiger partial charge on any atom is -0.508 e. The molecule has 0 saturated carbocycles. The maximum Gasteiger partial charge on any atom is 0.339 e. The van der Waals surface area contributed by atoms with Crippen LogP contribution in [0.25, 0.3) is 0 Å². The molecule has 2 heterocycles. The predicted octanol–water partition coefficient (Wildman–Crippen LogP) is 5.36. The number of carbonyl (C=O) groups is 1. The summed E-state index contributed by atoms with van der Waals surface area (Å²) in [5.74, 6) is 0.688. The number of cyclic esters (lactones) is 1. The maximum absolute atomic E-state index is 12.2. The molecule has 5 nitrogen and oxygen atoms in total. The number of ether oxygens (including phenoxy) is 2. The number of benzene rings is 2. The molecule has 2 aromatic carbocycles. The average Bonchev–Trinajstić information content (AvgIpc) is 3.08. The van der Waals surface area contributed by atoms with Crippen molar-refractivity contribution in [2.24, 2.45) is 0 Å². The first kappa shape index (κ1) is 20.7. The SMILES string of the molecule is CCCCC1OC(=O)c2cc(OCc3ccc(CN4CCCCC4)c(O)c3)ccc21. The van der Waals surface area contributed by atoms with Gasteiger partial charge in [0.05, 0.1) is 5.56 Å². The first-order valence-corrected chi connectivity index (χ1v) is 11.1. The van der Waals surface area contributed by atoms with E-state index in [1.807, 2.05) is 24.3 Å². The van der Waals surface area contributed by atoms with Crippen molar-refractivity contribution < 1.29 is 19.4 Å². The fourth-order valence-electron chi connectivity index (χ4n) is 4.30. The number of phenols is 1.